The second-order valence-corrected chi connectivity index (χ2v) is 9.29. The highest BCUT2D eigenvalue weighted by Gasteiger charge is 2.31. The molecule has 1 amide bonds. The second-order valence-electron chi connectivity index (χ2n) is 6.18. The van der Waals surface area contributed by atoms with Crippen LogP contribution in [0.5, 0.6) is 0 Å². The molecule has 0 radical (unpaired) electrons. The van der Waals surface area contributed by atoms with E-state index in [-0.39, 0.29) is 22.6 Å². The van der Waals surface area contributed by atoms with Crippen molar-refractivity contribution in [3.05, 3.63) is 87.6 Å². The van der Waals surface area contributed by atoms with Crippen LogP contribution in [0.1, 0.15) is 26.0 Å². The Morgan fingerprint density at radius 2 is 1.82 bits per heavy atom. The summed E-state index contributed by atoms with van der Waals surface area (Å²) in [5.74, 6) is -1.47. The SMILES string of the molecule is Cc1cc(S(=O)(=O)C(CNC(=O)c2ccc(F)cc2)c2cccs2)ccc1F. The average Bonchev–Trinajstić information content (AvgIpc) is 3.18. The van der Waals surface area contributed by atoms with Crippen molar-refractivity contribution in [2.45, 2.75) is 17.1 Å². The van der Waals surface area contributed by atoms with Crippen LogP contribution < -0.4 is 5.32 Å². The maximum atomic E-state index is 13.6. The molecule has 0 bridgehead atoms. The third-order valence-corrected chi connectivity index (χ3v) is 7.46. The van der Waals surface area contributed by atoms with Gasteiger partial charge in [-0.3, -0.25) is 4.79 Å². The van der Waals surface area contributed by atoms with Crippen molar-refractivity contribution < 1.29 is 22.0 Å². The number of amides is 1. The minimum Gasteiger partial charge on any atom is -0.350 e. The largest absolute Gasteiger partial charge is 0.350 e. The molecular formula is C20H17F2NO3S2. The smallest absolute Gasteiger partial charge is 0.251 e. The number of benzene rings is 2. The number of halogens is 2. The van der Waals surface area contributed by atoms with Gasteiger partial charge in [-0.15, -0.1) is 11.3 Å². The molecule has 146 valence electrons. The van der Waals surface area contributed by atoms with Crippen LogP contribution in [0.3, 0.4) is 0 Å². The summed E-state index contributed by atoms with van der Waals surface area (Å²) in [6.45, 7) is 1.32. The Morgan fingerprint density at radius 3 is 2.43 bits per heavy atom. The van der Waals surface area contributed by atoms with Gasteiger partial charge in [0.1, 0.15) is 16.9 Å². The molecule has 3 aromatic rings. The molecule has 1 heterocycles. The van der Waals surface area contributed by atoms with Gasteiger partial charge in [0.15, 0.2) is 9.84 Å². The Kier molecular flexibility index (Phi) is 5.90. The first kappa shape index (κ1) is 20.2. The summed E-state index contributed by atoms with van der Waals surface area (Å²) in [7, 11) is -3.88. The fourth-order valence-corrected chi connectivity index (χ4v) is 5.55. The van der Waals surface area contributed by atoms with E-state index in [2.05, 4.69) is 5.32 Å². The van der Waals surface area contributed by atoms with Crippen molar-refractivity contribution in [3.63, 3.8) is 0 Å². The van der Waals surface area contributed by atoms with Crippen LogP contribution in [0.25, 0.3) is 0 Å². The number of aryl methyl sites for hydroxylation is 1. The van der Waals surface area contributed by atoms with Crippen LogP contribution in [0.2, 0.25) is 0 Å². The molecule has 8 heteroatoms. The summed E-state index contributed by atoms with van der Waals surface area (Å²) in [5.41, 5.74) is 0.447. The van der Waals surface area contributed by atoms with Crippen molar-refractivity contribution in [3.8, 4) is 0 Å². The summed E-state index contributed by atoms with van der Waals surface area (Å²) in [4.78, 5) is 12.9. The van der Waals surface area contributed by atoms with E-state index in [0.29, 0.717) is 4.88 Å². The van der Waals surface area contributed by atoms with Crippen molar-refractivity contribution in [1.29, 1.82) is 0 Å². The number of thiophene rings is 1. The number of hydrogen-bond donors (Lipinski definition) is 1. The van der Waals surface area contributed by atoms with E-state index >= 15 is 0 Å². The molecule has 0 fully saturated rings. The molecule has 0 aliphatic heterocycles. The lowest BCUT2D eigenvalue weighted by atomic mass is 10.2. The van der Waals surface area contributed by atoms with Gasteiger partial charge < -0.3 is 5.32 Å². The molecule has 1 unspecified atom stereocenters. The number of carbonyl (C=O) groups excluding carboxylic acids is 1. The molecule has 0 saturated heterocycles. The van der Waals surface area contributed by atoms with Crippen LogP contribution in [0, 0.1) is 18.6 Å². The predicted octanol–water partition coefficient (Wildman–Crippen LogP) is 4.28. The van der Waals surface area contributed by atoms with E-state index in [0.717, 1.165) is 18.2 Å². The lowest BCUT2D eigenvalue weighted by Gasteiger charge is -2.18. The van der Waals surface area contributed by atoms with Crippen LogP contribution in [-0.2, 0) is 9.84 Å². The van der Waals surface area contributed by atoms with Gasteiger partial charge in [0, 0.05) is 17.0 Å². The van der Waals surface area contributed by atoms with E-state index < -0.39 is 32.6 Å². The molecule has 1 N–H and O–H groups in total. The van der Waals surface area contributed by atoms with E-state index in [4.69, 9.17) is 0 Å². The molecular weight excluding hydrogens is 404 g/mol. The lowest BCUT2D eigenvalue weighted by molar-refractivity contribution is 0.0953. The van der Waals surface area contributed by atoms with Crippen molar-refractivity contribution in [2.75, 3.05) is 6.54 Å². The monoisotopic (exact) mass is 421 g/mol. The summed E-state index contributed by atoms with van der Waals surface area (Å²) >= 11 is 1.26. The fraction of sp³-hybridized carbons (Fsp3) is 0.150. The zero-order chi connectivity index (χ0) is 20.3. The zero-order valence-corrected chi connectivity index (χ0v) is 16.5. The van der Waals surface area contributed by atoms with E-state index in [1.54, 1.807) is 17.5 Å². The fourth-order valence-electron chi connectivity index (χ4n) is 2.68. The number of hydrogen-bond acceptors (Lipinski definition) is 4. The standard InChI is InChI=1S/C20H17F2NO3S2/c1-13-11-16(8-9-17(13)22)28(25,26)19(18-3-2-10-27-18)12-23-20(24)14-4-6-15(21)7-5-14/h2-11,19H,12H2,1H3,(H,23,24). The van der Waals surface area contributed by atoms with Crippen LogP contribution in [0.4, 0.5) is 8.78 Å². The van der Waals surface area contributed by atoms with Gasteiger partial charge in [0.2, 0.25) is 0 Å². The summed E-state index contributed by atoms with van der Waals surface area (Å²) < 4.78 is 52.9. The van der Waals surface area contributed by atoms with E-state index in [1.165, 1.54) is 42.5 Å². The molecule has 1 aromatic heterocycles. The highest BCUT2D eigenvalue weighted by molar-refractivity contribution is 7.91. The maximum Gasteiger partial charge on any atom is 0.251 e. The number of carbonyl (C=O) groups is 1. The highest BCUT2D eigenvalue weighted by atomic mass is 32.2. The summed E-state index contributed by atoms with van der Waals surface area (Å²) in [5, 5.41) is 3.32. The first-order valence-electron chi connectivity index (χ1n) is 8.36. The normalized spacial score (nSPS) is 12.5. The molecule has 0 spiro atoms. The van der Waals surface area contributed by atoms with Gasteiger partial charge >= 0.3 is 0 Å². The van der Waals surface area contributed by atoms with E-state index in [9.17, 15) is 22.0 Å². The quantitative estimate of drug-likeness (QED) is 0.605. The number of rotatable bonds is 6. The topological polar surface area (TPSA) is 63.2 Å². The molecule has 4 nitrogen and oxygen atoms in total. The molecule has 0 aliphatic carbocycles. The Labute approximate surface area is 165 Å². The zero-order valence-electron chi connectivity index (χ0n) is 14.9. The van der Waals surface area contributed by atoms with Gasteiger partial charge in [-0.1, -0.05) is 6.07 Å². The van der Waals surface area contributed by atoms with E-state index in [1.807, 2.05) is 0 Å². The molecule has 0 aliphatic rings. The first-order chi connectivity index (χ1) is 13.3. The minimum absolute atomic E-state index is 0.0131. The Hall–Kier alpha value is -2.58. The maximum absolute atomic E-state index is 13.6. The van der Waals surface area contributed by atoms with Crippen LogP contribution in [-0.4, -0.2) is 20.9 Å². The average molecular weight is 421 g/mol. The van der Waals surface area contributed by atoms with Gasteiger partial charge in [-0.2, -0.15) is 0 Å². The highest BCUT2D eigenvalue weighted by Crippen LogP contribution is 2.32. The van der Waals surface area contributed by atoms with Crippen molar-refractivity contribution in [2.24, 2.45) is 0 Å². The first-order valence-corrected chi connectivity index (χ1v) is 10.8. The van der Waals surface area contributed by atoms with Gasteiger partial charge in [-0.25, -0.2) is 17.2 Å². The Bertz CT molecular complexity index is 1080. The van der Waals surface area contributed by atoms with Gasteiger partial charge in [-0.05, 0) is 66.4 Å². The molecule has 0 saturated carbocycles. The number of nitrogens with one attached hydrogen (secondary N) is 1. The second kappa shape index (κ2) is 8.20. The minimum atomic E-state index is -3.88. The summed E-state index contributed by atoms with van der Waals surface area (Å²) in [6, 6.07) is 12.0. The van der Waals surface area contributed by atoms with Crippen LogP contribution >= 0.6 is 11.3 Å². The predicted molar refractivity (Wildman–Crippen MR) is 104 cm³/mol. The number of sulfone groups is 1. The third-order valence-electron chi connectivity index (χ3n) is 4.25. The Balaban J connectivity index is 1.88. The third kappa shape index (κ3) is 4.28. The molecule has 28 heavy (non-hydrogen) atoms. The van der Waals surface area contributed by atoms with Gasteiger partial charge in [0.25, 0.3) is 5.91 Å². The summed E-state index contributed by atoms with van der Waals surface area (Å²) in [6.07, 6.45) is 0. The molecule has 3 rings (SSSR count). The molecule has 1 atom stereocenters. The Morgan fingerprint density at radius 1 is 1.11 bits per heavy atom. The lowest BCUT2D eigenvalue weighted by Crippen LogP contribution is -2.31. The van der Waals surface area contributed by atoms with Crippen molar-refractivity contribution in [1.82, 2.24) is 5.32 Å². The van der Waals surface area contributed by atoms with Gasteiger partial charge in [0.05, 0.1) is 4.90 Å². The molecule has 2 aromatic carbocycles. The van der Waals surface area contributed by atoms with Crippen LogP contribution in [0.15, 0.2) is 64.9 Å². The van der Waals surface area contributed by atoms with Crippen molar-refractivity contribution >= 4 is 27.1 Å².